The first kappa shape index (κ1) is 27.1. The second-order valence-electron chi connectivity index (χ2n) is 14.5. The van der Waals surface area contributed by atoms with Crippen molar-refractivity contribution in [2.45, 2.75) is 143 Å². The monoisotopic (exact) mass is 487 g/mol. The number of carbonyl (C=O) groups excluding carboxylic acids is 2. The summed E-state index contributed by atoms with van der Waals surface area (Å²) in [6.07, 6.45) is 16.2. The summed E-state index contributed by atoms with van der Waals surface area (Å²) in [6, 6.07) is 0. The average Bonchev–Trinajstić information content (AvgIpc) is 3.07. The van der Waals surface area contributed by atoms with Gasteiger partial charge < -0.3 is 10.4 Å². The molecule has 200 valence electrons. The Bertz CT molecular complexity index is 772. The van der Waals surface area contributed by atoms with Crippen LogP contribution in [0.1, 0.15) is 131 Å². The van der Waals surface area contributed by atoms with Gasteiger partial charge in [-0.2, -0.15) is 0 Å². The average molecular weight is 488 g/mol. The van der Waals surface area contributed by atoms with Crippen molar-refractivity contribution in [3.63, 3.8) is 0 Å². The molecule has 4 rings (SSSR count). The molecule has 0 aromatic heterocycles. The van der Waals surface area contributed by atoms with Crippen LogP contribution >= 0.6 is 0 Å². The number of hydrogen-bond donors (Lipinski definition) is 2. The van der Waals surface area contributed by atoms with Crippen LogP contribution in [0.15, 0.2) is 0 Å². The third kappa shape index (κ3) is 5.68. The van der Waals surface area contributed by atoms with Gasteiger partial charge in [0.15, 0.2) is 0 Å². The van der Waals surface area contributed by atoms with E-state index in [-0.39, 0.29) is 23.0 Å². The first-order chi connectivity index (χ1) is 16.4. The lowest BCUT2D eigenvalue weighted by Gasteiger charge is -2.62. The second kappa shape index (κ2) is 10.5. The van der Waals surface area contributed by atoms with Gasteiger partial charge in [-0.25, -0.2) is 0 Å². The topological polar surface area (TPSA) is 66.4 Å². The fraction of sp³-hybridized carbons (Fsp3) is 0.935. The predicted molar refractivity (Wildman–Crippen MR) is 142 cm³/mol. The quantitative estimate of drug-likeness (QED) is 0.369. The number of hydrogen-bond acceptors (Lipinski definition) is 3. The molecule has 0 heterocycles. The molecule has 8 atom stereocenters. The maximum Gasteiger partial charge on any atom is 0.220 e. The van der Waals surface area contributed by atoms with Crippen molar-refractivity contribution in [2.75, 3.05) is 0 Å². The molecule has 4 fully saturated rings. The molecule has 4 aliphatic rings. The van der Waals surface area contributed by atoms with Gasteiger partial charge in [0.05, 0.1) is 6.10 Å². The van der Waals surface area contributed by atoms with Gasteiger partial charge in [-0.1, -0.05) is 46.0 Å². The van der Waals surface area contributed by atoms with Gasteiger partial charge in [-0.15, -0.1) is 0 Å². The van der Waals surface area contributed by atoms with E-state index in [0.717, 1.165) is 56.3 Å². The summed E-state index contributed by atoms with van der Waals surface area (Å²) < 4.78 is 0. The van der Waals surface area contributed by atoms with Crippen molar-refractivity contribution >= 4 is 11.7 Å². The van der Waals surface area contributed by atoms with Gasteiger partial charge in [-0.3, -0.25) is 9.59 Å². The number of fused-ring (bicyclic) bond motifs is 5. The van der Waals surface area contributed by atoms with E-state index < -0.39 is 0 Å². The minimum Gasteiger partial charge on any atom is -0.393 e. The van der Waals surface area contributed by atoms with Crippen molar-refractivity contribution in [1.82, 2.24) is 5.32 Å². The zero-order chi connectivity index (χ0) is 25.4. The summed E-state index contributed by atoms with van der Waals surface area (Å²) in [5, 5.41) is 14.0. The fourth-order valence-electron chi connectivity index (χ4n) is 9.19. The molecule has 0 aromatic rings. The van der Waals surface area contributed by atoms with Crippen LogP contribution in [-0.4, -0.2) is 28.4 Å². The number of aliphatic hydroxyl groups excluding tert-OH is 1. The van der Waals surface area contributed by atoms with Gasteiger partial charge in [0.1, 0.15) is 5.78 Å². The van der Waals surface area contributed by atoms with E-state index >= 15 is 0 Å². The molecule has 1 amide bonds. The highest BCUT2D eigenvalue weighted by Gasteiger charge is 2.62. The summed E-state index contributed by atoms with van der Waals surface area (Å²) >= 11 is 0. The maximum absolute atomic E-state index is 12.4. The van der Waals surface area contributed by atoms with Gasteiger partial charge in [0.2, 0.25) is 5.91 Å². The number of unbranched alkanes of at least 4 members (excludes halogenated alkanes) is 4. The molecule has 3 unspecified atom stereocenters. The van der Waals surface area contributed by atoms with E-state index in [1.54, 1.807) is 0 Å². The SMILES string of the molecule is CC(C)(C)NC(=O)CCCCCCCC1CC2CC(=O)CC[C@]2(C)[C@@H]2CC[C@]3(C)C(O)CC[C@H]3[C@H]12. The predicted octanol–water partition coefficient (Wildman–Crippen LogP) is 6.83. The number of Topliss-reactive ketones (excluding diaryl/α,β-unsaturated/α-hetero) is 1. The summed E-state index contributed by atoms with van der Waals surface area (Å²) in [5.74, 6) is 4.11. The van der Waals surface area contributed by atoms with E-state index in [0.29, 0.717) is 29.5 Å². The molecule has 4 aliphatic carbocycles. The number of ketones is 1. The van der Waals surface area contributed by atoms with Crippen molar-refractivity contribution in [3.8, 4) is 0 Å². The first-order valence-corrected chi connectivity index (χ1v) is 14.9. The Balaban J connectivity index is 1.33. The first-order valence-electron chi connectivity index (χ1n) is 14.9. The highest BCUT2D eigenvalue weighted by molar-refractivity contribution is 5.79. The molecule has 0 bridgehead atoms. The number of rotatable bonds is 8. The Morgan fingerprint density at radius 3 is 2.40 bits per heavy atom. The van der Waals surface area contributed by atoms with E-state index in [1.807, 2.05) is 20.8 Å². The normalized spacial score (nSPS) is 41.1. The zero-order valence-electron chi connectivity index (χ0n) is 23.3. The van der Waals surface area contributed by atoms with Gasteiger partial charge in [0, 0.05) is 24.8 Å². The van der Waals surface area contributed by atoms with E-state index in [1.165, 1.54) is 51.4 Å². The van der Waals surface area contributed by atoms with Crippen LogP contribution in [0.2, 0.25) is 0 Å². The molecule has 0 radical (unpaired) electrons. The van der Waals surface area contributed by atoms with Crippen LogP contribution < -0.4 is 5.32 Å². The third-order valence-corrected chi connectivity index (χ3v) is 11.1. The molecule has 0 aromatic carbocycles. The molecule has 4 saturated carbocycles. The van der Waals surface area contributed by atoms with Crippen molar-refractivity contribution in [1.29, 1.82) is 0 Å². The number of aliphatic hydroxyl groups is 1. The molecule has 0 aliphatic heterocycles. The molecule has 2 N–H and O–H groups in total. The minimum atomic E-state index is -0.140. The number of nitrogens with one attached hydrogen (secondary N) is 1. The lowest BCUT2D eigenvalue weighted by molar-refractivity contribution is -0.156. The van der Waals surface area contributed by atoms with Crippen LogP contribution in [0.5, 0.6) is 0 Å². The summed E-state index contributed by atoms with van der Waals surface area (Å²) in [5.41, 5.74) is 0.302. The minimum absolute atomic E-state index is 0.112. The van der Waals surface area contributed by atoms with Gasteiger partial charge in [0.25, 0.3) is 0 Å². The second-order valence-corrected chi connectivity index (χ2v) is 14.5. The lowest BCUT2D eigenvalue weighted by atomic mass is 9.42. The Labute approximate surface area is 214 Å². The molecular weight excluding hydrogens is 434 g/mol. The number of amides is 1. The number of carbonyl (C=O) groups is 2. The van der Waals surface area contributed by atoms with Crippen LogP contribution in [0.4, 0.5) is 0 Å². The van der Waals surface area contributed by atoms with E-state index in [4.69, 9.17) is 0 Å². The molecule has 4 nitrogen and oxygen atoms in total. The summed E-state index contributed by atoms with van der Waals surface area (Å²) in [7, 11) is 0. The Kier molecular flexibility index (Phi) is 8.11. The van der Waals surface area contributed by atoms with E-state index in [9.17, 15) is 14.7 Å². The lowest BCUT2D eigenvalue weighted by Crippen LogP contribution is -2.57. The smallest absolute Gasteiger partial charge is 0.220 e. The Hall–Kier alpha value is -0.900. The van der Waals surface area contributed by atoms with Crippen molar-refractivity contribution in [3.05, 3.63) is 0 Å². The van der Waals surface area contributed by atoms with Crippen LogP contribution in [0, 0.1) is 40.4 Å². The third-order valence-electron chi connectivity index (χ3n) is 11.1. The molecular formula is C31H53NO3. The van der Waals surface area contributed by atoms with Crippen molar-refractivity contribution in [2.24, 2.45) is 40.4 Å². The molecule has 0 saturated heterocycles. The molecule has 35 heavy (non-hydrogen) atoms. The fourth-order valence-corrected chi connectivity index (χ4v) is 9.19. The van der Waals surface area contributed by atoms with Crippen LogP contribution in [-0.2, 0) is 9.59 Å². The van der Waals surface area contributed by atoms with Gasteiger partial charge >= 0.3 is 0 Å². The Morgan fingerprint density at radius 1 is 0.971 bits per heavy atom. The molecule has 0 spiro atoms. The van der Waals surface area contributed by atoms with Crippen molar-refractivity contribution < 1.29 is 14.7 Å². The Morgan fingerprint density at radius 2 is 1.66 bits per heavy atom. The standard InChI is InChI=1S/C31H53NO3/c1-29(2,3)32-27(35)12-10-8-6-7-9-11-21-19-22-20-23(33)15-17-30(22,4)25-16-18-31(5)24(28(21)25)13-14-26(31)34/h21-22,24-26,28,34H,6-20H2,1-5H3,(H,32,35)/t21?,22?,24-,25+,26?,28-,30-,31-/m0/s1. The van der Waals surface area contributed by atoms with E-state index in [2.05, 4.69) is 19.2 Å². The van der Waals surface area contributed by atoms with Crippen LogP contribution in [0.25, 0.3) is 0 Å². The largest absolute Gasteiger partial charge is 0.393 e. The summed E-state index contributed by atoms with van der Waals surface area (Å²) in [6.45, 7) is 11.0. The maximum atomic E-state index is 12.4. The summed E-state index contributed by atoms with van der Waals surface area (Å²) in [4.78, 5) is 24.5. The highest BCUT2D eigenvalue weighted by Crippen LogP contribution is 2.67. The highest BCUT2D eigenvalue weighted by atomic mass is 16.3. The molecule has 4 heteroatoms. The van der Waals surface area contributed by atoms with Crippen LogP contribution in [0.3, 0.4) is 0 Å². The zero-order valence-corrected chi connectivity index (χ0v) is 23.3. The van der Waals surface area contributed by atoms with Gasteiger partial charge in [-0.05, 0) is 106 Å².